The van der Waals surface area contributed by atoms with E-state index >= 15 is 0 Å². The van der Waals surface area contributed by atoms with Crippen molar-refractivity contribution in [2.24, 2.45) is 11.7 Å². The molecule has 1 aromatic rings. The predicted octanol–water partition coefficient (Wildman–Crippen LogP) is 2.97. The van der Waals surface area contributed by atoms with E-state index in [2.05, 4.69) is 13.8 Å². The van der Waals surface area contributed by atoms with Crippen LogP contribution in [0.1, 0.15) is 37.0 Å². The van der Waals surface area contributed by atoms with Crippen LogP contribution in [0.4, 0.5) is 0 Å². The first-order chi connectivity index (χ1) is 11.0. The Morgan fingerprint density at radius 3 is 2.38 bits per heavy atom. The third-order valence-corrected chi connectivity index (χ3v) is 3.86. The molecular weight excluding hydrogens is 328 g/mol. The summed E-state index contributed by atoms with van der Waals surface area (Å²) in [5.74, 6) is 1.20. The molecule has 1 aromatic carbocycles. The zero-order chi connectivity index (χ0) is 17.2. The molecule has 6 heteroatoms. The van der Waals surface area contributed by atoms with Crippen molar-refractivity contribution < 1.29 is 14.3 Å². The summed E-state index contributed by atoms with van der Waals surface area (Å²) in [6, 6.07) is 7.37. The van der Waals surface area contributed by atoms with Crippen LogP contribution in [0.3, 0.4) is 0 Å². The molecule has 0 aliphatic heterocycles. The molecule has 138 valence electrons. The van der Waals surface area contributed by atoms with Gasteiger partial charge in [-0.2, -0.15) is 0 Å². The zero-order valence-corrected chi connectivity index (χ0v) is 16.0. The SMILES string of the molecule is COCCCOc1ccc(C(=O)N(C)CCC(N)C(C)C)cc1.Cl. The van der Waals surface area contributed by atoms with Gasteiger partial charge in [0.25, 0.3) is 5.91 Å². The summed E-state index contributed by atoms with van der Waals surface area (Å²) in [6.45, 7) is 6.14. The number of amides is 1. The van der Waals surface area contributed by atoms with E-state index in [9.17, 15) is 4.79 Å². The number of benzene rings is 1. The minimum Gasteiger partial charge on any atom is -0.494 e. The number of methoxy groups -OCH3 is 1. The van der Waals surface area contributed by atoms with Gasteiger partial charge in [-0.1, -0.05) is 13.8 Å². The van der Waals surface area contributed by atoms with Crippen LogP contribution in [-0.2, 0) is 4.74 Å². The summed E-state index contributed by atoms with van der Waals surface area (Å²) >= 11 is 0. The van der Waals surface area contributed by atoms with Crippen LogP contribution < -0.4 is 10.5 Å². The molecule has 0 aromatic heterocycles. The van der Waals surface area contributed by atoms with Crippen molar-refractivity contribution in [1.29, 1.82) is 0 Å². The van der Waals surface area contributed by atoms with Crippen molar-refractivity contribution in [2.45, 2.75) is 32.7 Å². The summed E-state index contributed by atoms with van der Waals surface area (Å²) in [7, 11) is 3.48. The van der Waals surface area contributed by atoms with Gasteiger partial charge in [-0.05, 0) is 36.6 Å². The molecule has 1 amide bonds. The first kappa shape index (κ1) is 22.7. The largest absolute Gasteiger partial charge is 0.494 e. The van der Waals surface area contributed by atoms with Gasteiger partial charge in [-0.3, -0.25) is 4.79 Å². The van der Waals surface area contributed by atoms with Gasteiger partial charge in [0, 0.05) is 45.3 Å². The first-order valence-electron chi connectivity index (χ1n) is 8.18. The highest BCUT2D eigenvalue weighted by atomic mass is 35.5. The van der Waals surface area contributed by atoms with E-state index in [1.807, 2.05) is 19.2 Å². The highest BCUT2D eigenvalue weighted by Gasteiger charge is 2.14. The Morgan fingerprint density at radius 2 is 1.83 bits per heavy atom. The number of carbonyl (C=O) groups excluding carboxylic acids is 1. The van der Waals surface area contributed by atoms with Gasteiger partial charge < -0.3 is 20.1 Å². The molecule has 0 bridgehead atoms. The van der Waals surface area contributed by atoms with Crippen molar-refractivity contribution in [1.82, 2.24) is 4.90 Å². The third kappa shape index (κ3) is 7.99. The average molecular weight is 359 g/mol. The van der Waals surface area contributed by atoms with Crippen LogP contribution in [0.2, 0.25) is 0 Å². The zero-order valence-electron chi connectivity index (χ0n) is 15.2. The maximum absolute atomic E-state index is 12.4. The number of ether oxygens (including phenoxy) is 2. The summed E-state index contributed by atoms with van der Waals surface area (Å²) < 4.78 is 10.6. The van der Waals surface area contributed by atoms with Crippen molar-refractivity contribution in [3.05, 3.63) is 29.8 Å². The van der Waals surface area contributed by atoms with Crippen molar-refractivity contribution in [2.75, 3.05) is 33.9 Å². The molecule has 5 nitrogen and oxygen atoms in total. The van der Waals surface area contributed by atoms with E-state index in [0.717, 1.165) is 18.6 Å². The van der Waals surface area contributed by atoms with Crippen molar-refractivity contribution in [3.8, 4) is 5.75 Å². The number of halogens is 1. The Morgan fingerprint density at radius 1 is 1.21 bits per heavy atom. The minimum atomic E-state index is 0. The molecule has 2 N–H and O–H groups in total. The fourth-order valence-electron chi connectivity index (χ4n) is 2.09. The van der Waals surface area contributed by atoms with Gasteiger partial charge in [0.05, 0.1) is 6.61 Å². The normalized spacial score (nSPS) is 11.8. The van der Waals surface area contributed by atoms with E-state index in [-0.39, 0.29) is 24.4 Å². The summed E-state index contributed by atoms with van der Waals surface area (Å²) in [5, 5.41) is 0. The Labute approximate surface area is 151 Å². The summed E-state index contributed by atoms with van der Waals surface area (Å²) in [4.78, 5) is 14.1. The van der Waals surface area contributed by atoms with E-state index in [1.54, 1.807) is 24.1 Å². The Hall–Kier alpha value is -1.30. The first-order valence-corrected chi connectivity index (χ1v) is 8.18. The lowest BCUT2D eigenvalue weighted by atomic mass is 10.0. The monoisotopic (exact) mass is 358 g/mol. The average Bonchev–Trinajstić information content (AvgIpc) is 2.56. The molecule has 0 saturated heterocycles. The molecule has 0 spiro atoms. The number of hydrogen-bond acceptors (Lipinski definition) is 4. The molecule has 0 aliphatic carbocycles. The molecule has 1 rings (SSSR count). The van der Waals surface area contributed by atoms with Crippen LogP contribution >= 0.6 is 12.4 Å². The lowest BCUT2D eigenvalue weighted by molar-refractivity contribution is 0.0789. The number of rotatable bonds is 10. The van der Waals surface area contributed by atoms with E-state index < -0.39 is 0 Å². The molecular formula is C18H31ClN2O3. The number of nitrogens with two attached hydrogens (primary N) is 1. The second-order valence-corrected chi connectivity index (χ2v) is 6.14. The molecule has 0 aliphatic rings. The predicted molar refractivity (Wildman–Crippen MR) is 100 cm³/mol. The summed E-state index contributed by atoms with van der Waals surface area (Å²) in [6.07, 6.45) is 1.65. The van der Waals surface area contributed by atoms with Crippen LogP contribution in [0.5, 0.6) is 5.75 Å². The molecule has 24 heavy (non-hydrogen) atoms. The number of nitrogens with zero attached hydrogens (tertiary/aromatic N) is 1. The molecule has 0 saturated carbocycles. The molecule has 1 unspecified atom stereocenters. The van der Waals surface area contributed by atoms with E-state index in [4.69, 9.17) is 15.2 Å². The van der Waals surface area contributed by atoms with Gasteiger partial charge in [-0.15, -0.1) is 12.4 Å². The molecule has 1 atom stereocenters. The number of hydrogen-bond donors (Lipinski definition) is 1. The minimum absolute atomic E-state index is 0. The van der Waals surface area contributed by atoms with Gasteiger partial charge in [0.15, 0.2) is 0 Å². The van der Waals surface area contributed by atoms with Gasteiger partial charge >= 0.3 is 0 Å². The number of carbonyl (C=O) groups is 1. The van der Waals surface area contributed by atoms with Crippen molar-refractivity contribution >= 4 is 18.3 Å². The maximum Gasteiger partial charge on any atom is 0.253 e. The molecule has 0 heterocycles. The second-order valence-electron chi connectivity index (χ2n) is 6.14. The van der Waals surface area contributed by atoms with Crippen LogP contribution in [-0.4, -0.2) is 50.8 Å². The van der Waals surface area contributed by atoms with E-state index in [0.29, 0.717) is 31.2 Å². The topological polar surface area (TPSA) is 64.8 Å². The Kier molecular flexibility index (Phi) is 11.5. The highest BCUT2D eigenvalue weighted by molar-refractivity contribution is 5.94. The second kappa shape index (κ2) is 12.1. The Bertz CT molecular complexity index is 466. The lowest BCUT2D eigenvalue weighted by Crippen LogP contribution is -2.34. The smallest absolute Gasteiger partial charge is 0.253 e. The molecule has 0 fully saturated rings. The highest BCUT2D eigenvalue weighted by Crippen LogP contribution is 2.14. The van der Waals surface area contributed by atoms with Crippen molar-refractivity contribution in [3.63, 3.8) is 0 Å². The Balaban J connectivity index is 0.00000529. The third-order valence-electron chi connectivity index (χ3n) is 3.86. The van der Waals surface area contributed by atoms with Gasteiger partial charge in [-0.25, -0.2) is 0 Å². The quantitative estimate of drug-likeness (QED) is 0.653. The van der Waals surface area contributed by atoms with Crippen LogP contribution in [0, 0.1) is 5.92 Å². The summed E-state index contributed by atoms with van der Waals surface area (Å²) in [5.41, 5.74) is 6.69. The lowest BCUT2D eigenvalue weighted by Gasteiger charge is -2.21. The fraction of sp³-hybridized carbons (Fsp3) is 0.611. The standard InChI is InChI=1S/C18H30N2O3.ClH/c1-14(2)17(19)10-11-20(3)18(21)15-6-8-16(9-7-15)23-13-5-12-22-4;/h6-9,14,17H,5,10-13,19H2,1-4H3;1H. The van der Waals surface area contributed by atoms with Gasteiger partial charge in [0.1, 0.15) is 5.75 Å². The fourth-order valence-corrected chi connectivity index (χ4v) is 2.09. The van der Waals surface area contributed by atoms with E-state index in [1.165, 1.54) is 0 Å². The molecule has 0 radical (unpaired) electrons. The maximum atomic E-state index is 12.4. The van der Waals surface area contributed by atoms with Gasteiger partial charge in [0.2, 0.25) is 0 Å². The van der Waals surface area contributed by atoms with Crippen LogP contribution in [0.25, 0.3) is 0 Å². The van der Waals surface area contributed by atoms with Crippen LogP contribution in [0.15, 0.2) is 24.3 Å².